The van der Waals surface area contributed by atoms with Gasteiger partial charge in [0.25, 0.3) is 0 Å². The molecule has 7 heteroatoms. The summed E-state index contributed by atoms with van der Waals surface area (Å²) in [7, 11) is 0. The maximum absolute atomic E-state index is 11.2. The van der Waals surface area contributed by atoms with E-state index >= 15 is 0 Å². The molecule has 0 radical (unpaired) electrons. The van der Waals surface area contributed by atoms with Crippen LogP contribution in [0.4, 0.5) is 22.9 Å². The molecule has 0 bridgehead atoms. The number of aromatic nitrogens is 2. The monoisotopic (exact) mass is 457 g/mol. The average molecular weight is 458 g/mol. The number of hydrogen-bond donors (Lipinski definition) is 2. The second-order valence-electron chi connectivity index (χ2n) is 8.57. The Balaban J connectivity index is 1.75. The molecule has 1 aromatic heterocycles. The average Bonchev–Trinajstić information content (AvgIpc) is 3.27. The van der Waals surface area contributed by atoms with Crippen molar-refractivity contribution in [2.75, 3.05) is 16.8 Å². The van der Waals surface area contributed by atoms with Crippen molar-refractivity contribution in [2.45, 2.75) is 52.5 Å². The lowest BCUT2D eigenvalue weighted by Gasteiger charge is -2.24. The van der Waals surface area contributed by atoms with Crippen molar-refractivity contribution in [3.05, 3.63) is 59.8 Å². The van der Waals surface area contributed by atoms with Gasteiger partial charge in [0.05, 0.1) is 11.3 Å². The maximum Gasteiger partial charge on any atom is 0.335 e. The van der Waals surface area contributed by atoms with Crippen LogP contribution < -0.4 is 10.2 Å². The standard InChI is InChI=1S/C27H31N5O2/c1-4-8-23-24(28-5-2)26(31-25(30-23)19-12-14-20(15-13-19)27(33)34)29-21-10-6-11-22(17-21)32-16-7-9-18(32)3/h5-6,10-15,17-18H,4,7-9,16H2,1-3H3,(H,33,34)(H,29,30,31). The van der Waals surface area contributed by atoms with Gasteiger partial charge in [-0.25, -0.2) is 14.8 Å². The summed E-state index contributed by atoms with van der Waals surface area (Å²) < 4.78 is 0. The molecule has 1 aliphatic rings. The van der Waals surface area contributed by atoms with Crippen molar-refractivity contribution < 1.29 is 9.90 Å². The Labute approximate surface area is 200 Å². The topological polar surface area (TPSA) is 90.7 Å². The zero-order valence-electron chi connectivity index (χ0n) is 20.0. The summed E-state index contributed by atoms with van der Waals surface area (Å²) in [5, 5.41) is 12.7. The Bertz CT molecular complexity index is 1190. The Morgan fingerprint density at radius 2 is 2.03 bits per heavy atom. The van der Waals surface area contributed by atoms with E-state index < -0.39 is 5.97 Å². The predicted molar refractivity (Wildman–Crippen MR) is 138 cm³/mol. The zero-order chi connectivity index (χ0) is 24.1. The van der Waals surface area contributed by atoms with Gasteiger partial charge in [0, 0.05) is 35.7 Å². The molecular formula is C27H31N5O2. The van der Waals surface area contributed by atoms with Crippen LogP contribution in [0.5, 0.6) is 0 Å². The number of anilines is 3. The van der Waals surface area contributed by atoms with E-state index in [1.165, 1.54) is 18.5 Å². The number of aryl methyl sites for hydroxylation is 1. The fourth-order valence-corrected chi connectivity index (χ4v) is 4.37. The molecule has 1 atom stereocenters. The Morgan fingerprint density at radius 1 is 1.24 bits per heavy atom. The number of rotatable bonds is 8. The van der Waals surface area contributed by atoms with Gasteiger partial charge >= 0.3 is 5.97 Å². The maximum atomic E-state index is 11.2. The Kier molecular flexibility index (Phi) is 7.21. The molecular weight excluding hydrogens is 426 g/mol. The highest BCUT2D eigenvalue weighted by Crippen LogP contribution is 2.34. The van der Waals surface area contributed by atoms with Crippen LogP contribution in [0, 0.1) is 0 Å². The highest BCUT2D eigenvalue weighted by molar-refractivity contribution is 5.88. The first-order chi connectivity index (χ1) is 16.5. The van der Waals surface area contributed by atoms with Gasteiger partial charge in [-0.2, -0.15) is 0 Å². The number of carboxylic acids is 1. The highest BCUT2D eigenvalue weighted by Gasteiger charge is 2.21. The van der Waals surface area contributed by atoms with Crippen LogP contribution in [0.15, 0.2) is 53.5 Å². The Morgan fingerprint density at radius 3 is 2.68 bits per heavy atom. The number of aliphatic imine (C=N–C) groups is 1. The zero-order valence-corrected chi connectivity index (χ0v) is 20.0. The van der Waals surface area contributed by atoms with Crippen molar-refractivity contribution in [3.8, 4) is 11.4 Å². The molecule has 0 aliphatic carbocycles. The summed E-state index contributed by atoms with van der Waals surface area (Å²) in [6.45, 7) is 7.33. The van der Waals surface area contributed by atoms with Gasteiger partial charge < -0.3 is 15.3 Å². The fraction of sp³-hybridized carbons (Fsp3) is 0.333. The molecule has 2 heterocycles. The quantitative estimate of drug-likeness (QED) is 0.389. The smallest absolute Gasteiger partial charge is 0.335 e. The molecule has 34 heavy (non-hydrogen) atoms. The first-order valence-corrected chi connectivity index (χ1v) is 11.9. The number of carboxylic acid groups (broad SMARTS) is 1. The summed E-state index contributed by atoms with van der Waals surface area (Å²) in [4.78, 5) is 27.9. The third kappa shape index (κ3) is 5.09. The number of nitrogens with one attached hydrogen (secondary N) is 1. The van der Waals surface area contributed by atoms with E-state index in [0.29, 0.717) is 17.7 Å². The van der Waals surface area contributed by atoms with Gasteiger partial charge in [-0.15, -0.1) is 0 Å². The van der Waals surface area contributed by atoms with Crippen LogP contribution in [-0.2, 0) is 6.42 Å². The van der Waals surface area contributed by atoms with Crippen molar-refractivity contribution in [1.29, 1.82) is 0 Å². The van der Waals surface area contributed by atoms with E-state index in [-0.39, 0.29) is 5.56 Å². The van der Waals surface area contributed by atoms with E-state index in [0.717, 1.165) is 42.0 Å². The normalized spacial score (nSPS) is 15.7. The largest absolute Gasteiger partial charge is 0.478 e. The summed E-state index contributed by atoms with van der Waals surface area (Å²) >= 11 is 0. The van der Waals surface area contributed by atoms with Crippen molar-refractivity contribution in [2.24, 2.45) is 4.99 Å². The molecule has 1 fully saturated rings. The third-order valence-corrected chi connectivity index (χ3v) is 6.08. The molecule has 0 spiro atoms. The molecule has 2 aromatic carbocycles. The minimum atomic E-state index is -0.957. The molecule has 1 aliphatic heterocycles. The predicted octanol–water partition coefficient (Wildman–Crippen LogP) is 6.25. The molecule has 1 saturated heterocycles. The molecule has 0 amide bonds. The fourth-order valence-electron chi connectivity index (χ4n) is 4.37. The number of aromatic carboxylic acids is 1. The lowest BCUT2D eigenvalue weighted by molar-refractivity contribution is 0.0697. The molecule has 4 rings (SSSR count). The molecule has 0 saturated carbocycles. The van der Waals surface area contributed by atoms with E-state index in [2.05, 4.69) is 47.3 Å². The second-order valence-corrected chi connectivity index (χ2v) is 8.57. The molecule has 3 aromatic rings. The van der Waals surface area contributed by atoms with E-state index in [1.807, 2.05) is 13.0 Å². The van der Waals surface area contributed by atoms with Crippen LogP contribution in [0.25, 0.3) is 11.4 Å². The van der Waals surface area contributed by atoms with E-state index in [1.54, 1.807) is 30.5 Å². The number of nitrogens with zero attached hydrogens (tertiary/aromatic N) is 4. The second kappa shape index (κ2) is 10.5. The first-order valence-electron chi connectivity index (χ1n) is 11.9. The van der Waals surface area contributed by atoms with Gasteiger partial charge in [-0.05, 0) is 63.4 Å². The molecule has 7 nitrogen and oxygen atoms in total. The minimum absolute atomic E-state index is 0.232. The third-order valence-electron chi connectivity index (χ3n) is 6.08. The van der Waals surface area contributed by atoms with Gasteiger partial charge in [0.1, 0.15) is 5.69 Å². The van der Waals surface area contributed by atoms with Crippen LogP contribution in [-0.4, -0.2) is 39.8 Å². The minimum Gasteiger partial charge on any atom is -0.478 e. The summed E-state index contributed by atoms with van der Waals surface area (Å²) in [5.41, 5.74) is 4.73. The Hall–Kier alpha value is -3.74. The van der Waals surface area contributed by atoms with Crippen molar-refractivity contribution in [3.63, 3.8) is 0 Å². The number of carbonyl (C=O) groups is 1. The van der Waals surface area contributed by atoms with Gasteiger partial charge in [-0.1, -0.05) is 31.5 Å². The van der Waals surface area contributed by atoms with Gasteiger partial charge in [-0.3, -0.25) is 4.99 Å². The van der Waals surface area contributed by atoms with Gasteiger partial charge in [0.15, 0.2) is 11.6 Å². The SMILES string of the molecule is CC=Nc1c(CCC)nc(-c2ccc(C(=O)O)cc2)nc1Nc1cccc(N2CCCC2C)c1. The highest BCUT2D eigenvalue weighted by atomic mass is 16.4. The summed E-state index contributed by atoms with van der Waals surface area (Å²) in [6.07, 6.45) is 5.86. The lowest BCUT2D eigenvalue weighted by Crippen LogP contribution is -2.26. The van der Waals surface area contributed by atoms with Gasteiger partial charge in [0.2, 0.25) is 0 Å². The lowest BCUT2D eigenvalue weighted by atomic mass is 10.1. The summed E-state index contributed by atoms with van der Waals surface area (Å²) in [6, 6.07) is 15.6. The van der Waals surface area contributed by atoms with Crippen molar-refractivity contribution in [1.82, 2.24) is 9.97 Å². The molecule has 176 valence electrons. The van der Waals surface area contributed by atoms with E-state index in [9.17, 15) is 9.90 Å². The van der Waals surface area contributed by atoms with Crippen molar-refractivity contribution >= 4 is 35.1 Å². The van der Waals surface area contributed by atoms with E-state index in [4.69, 9.17) is 9.97 Å². The van der Waals surface area contributed by atoms with Crippen LogP contribution in [0.3, 0.4) is 0 Å². The van der Waals surface area contributed by atoms with Crippen LogP contribution >= 0.6 is 0 Å². The summed E-state index contributed by atoms with van der Waals surface area (Å²) in [5.74, 6) is 0.226. The number of benzene rings is 2. The van der Waals surface area contributed by atoms with Crippen LogP contribution in [0.2, 0.25) is 0 Å². The first kappa shape index (κ1) is 23.4. The molecule has 2 N–H and O–H groups in total. The number of hydrogen-bond acceptors (Lipinski definition) is 6. The molecule has 1 unspecified atom stereocenters. The van der Waals surface area contributed by atoms with Crippen LogP contribution in [0.1, 0.15) is 56.1 Å².